The summed E-state index contributed by atoms with van der Waals surface area (Å²) in [4.78, 5) is 20.1. The lowest BCUT2D eigenvalue weighted by Crippen LogP contribution is -2.48. The molecule has 0 N–H and O–H groups in total. The number of anilines is 2. The molecule has 0 bridgehead atoms. The molecule has 0 saturated carbocycles. The van der Waals surface area contributed by atoms with Crippen molar-refractivity contribution in [1.29, 1.82) is 0 Å². The molecule has 170 valence electrons. The van der Waals surface area contributed by atoms with Crippen molar-refractivity contribution >= 4 is 11.9 Å². The molecular weight excluding hydrogens is 415 g/mol. The van der Waals surface area contributed by atoms with Crippen molar-refractivity contribution in [3.8, 4) is 0 Å². The van der Waals surface area contributed by atoms with Crippen LogP contribution in [0.5, 0.6) is 0 Å². The van der Waals surface area contributed by atoms with Crippen molar-refractivity contribution in [2.24, 2.45) is 0 Å². The largest absolute Gasteiger partial charge is 0.338 e. The van der Waals surface area contributed by atoms with Gasteiger partial charge in [0.05, 0.1) is 6.04 Å². The van der Waals surface area contributed by atoms with Crippen molar-refractivity contribution in [2.75, 3.05) is 49.1 Å². The molecule has 1 aliphatic rings. The number of hydrogen-bond donors (Lipinski definition) is 0. The first kappa shape index (κ1) is 22.6. The zero-order valence-corrected chi connectivity index (χ0v) is 18.7. The van der Waals surface area contributed by atoms with Crippen molar-refractivity contribution in [3.63, 3.8) is 0 Å². The molecule has 4 rings (SSSR count). The molecule has 0 spiro atoms. The summed E-state index contributed by atoms with van der Waals surface area (Å²) in [6.45, 7) is 12.2. The molecule has 2 heterocycles. The number of benzene rings is 2. The van der Waals surface area contributed by atoms with Crippen LogP contribution in [0, 0.1) is 5.82 Å². The van der Waals surface area contributed by atoms with Gasteiger partial charge in [-0.3, -0.25) is 4.90 Å². The van der Waals surface area contributed by atoms with Crippen molar-refractivity contribution in [2.45, 2.75) is 6.04 Å². The molecule has 1 fully saturated rings. The van der Waals surface area contributed by atoms with Gasteiger partial charge in [0.2, 0.25) is 11.9 Å². The Balaban J connectivity index is 1.51. The molecule has 7 heteroatoms. The lowest BCUT2D eigenvalue weighted by molar-refractivity contribution is 0.211. The maximum atomic E-state index is 13.6. The first-order valence-electron chi connectivity index (χ1n) is 11.1. The molecule has 1 aliphatic heterocycles. The summed E-state index contributed by atoms with van der Waals surface area (Å²) in [5.41, 5.74) is 2.28. The molecule has 0 aliphatic carbocycles. The van der Waals surface area contributed by atoms with Gasteiger partial charge in [0.15, 0.2) is 0 Å². The van der Waals surface area contributed by atoms with Gasteiger partial charge in [-0.15, -0.1) is 13.2 Å². The Kier molecular flexibility index (Phi) is 7.42. The van der Waals surface area contributed by atoms with Crippen LogP contribution < -0.4 is 9.80 Å². The van der Waals surface area contributed by atoms with E-state index in [0.29, 0.717) is 25.0 Å². The summed E-state index contributed by atoms with van der Waals surface area (Å²) >= 11 is 0. The number of nitrogens with zero attached hydrogens (tertiary/aromatic N) is 6. The van der Waals surface area contributed by atoms with Crippen molar-refractivity contribution in [1.82, 2.24) is 19.9 Å². The number of hydrogen-bond acceptors (Lipinski definition) is 6. The SMILES string of the molecule is C=CCN(CC=C)c1ncnc(N2CCN(C(c3ccccc3)c3ccc(F)cc3)CC2)n1. The van der Waals surface area contributed by atoms with E-state index in [2.05, 4.69) is 45.1 Å². The first-order valence-corrected chi connectivity index (χ1v) is 11.1. The highest BCUT2D eigenvalue weighted by molar-refractivity contribution is 5.40. The second-order valence-electron chi connectivity index (χ2n) is 7.96. The first-order chi connectivity index (χ1) is 16.2. The second kappa shape index (κ2) is 10.8. The van der Waals surface area contributed by atoms with Gasteiger partial charge < -0.3 is 9.80 Å². The third kappa shape index (κ3) is 5.43. The molecule has 0 amide bonds. The summed E-state index contributed by atoms with van der Waals surface area (Å²) < 4.78 is 13.6. The van der Waals surface area contributed by atoms with E-state index in [1.165, 1.54) is 17.7 Å². The Morgan fingerprint density at radius 1 is 0.879 bits per heavy atom. The van der Waals surface area contributed by atoms with E-state index in [4.69, 9.17) is 4.98 Å². The quantitative estimate of drug-likeness (QED) is 0.463. The monoisotopic (exact) mass is 444 g/mol. The van der Waals surface area contributed by atoms with E-state index in [9.17, 15) is 4.39 Å². The van der Waals surface area contributed by atoms with Crippen LogP contribution in [0.15, 0.2) is 86.2 Å². The van der Waals surface area contributed by atoms with Gasteiger partial charge in [0.1, 0.15) is 12.1 Å². The molecule has 1 unspecified atom stereocenters. The van der Waals surface area contributed by atoms with Gasteiger partial charge in [-0.25, -0.2) is 14.4 Å². The van der Waals surface area contributed by atoms with E-state index >= 15 is 0 Å². The van der Waals surface area contributed by atoms with Crippen LogP contribution in [-0.2, 0) is 0 Å². The summed E-state index contributed by atoms with van der Waals surface area (Å²) in [7, 11) is 0. The average Bonchev–Trinajstić information content (AvgIpc) is 2.86. The zero-order chi connectivity index (χ0) is 23.0. The molecular formula is C26H29FN6. The zero-order valence-electron chi connectivity index (χ0n) is 18.7. The van der Waals surface area contributed by atoms with Gasteiger partial charge in [-0.1, -0.05) is 54.6 Å². The molecule has 6 nitrogen and oxygen atoms in total. The standard InChI is InChI=1S/C26H29FN6/c1-3-14-32(15-4-2)25-28-20-29-26(30-25)33-18-16-31(17-19-33)24(21-8-6-5-7-9-21)22-10-12-23(27)13-11-22/h3-13,20,24H,1-2,14-19H2. The third-order valence-corrected chi connectivity index (χ3v) is 5.79. The van der Waals surface area contributed by atoms with E-state index in [1.54, 1.807) is 6.33 Å². The molecule has 1 saturated heterocycles. The molecule has 0 radical (unpaired) electrons. The molecule has 2 aromatic carbocycles. The topological polar surface area (TPSA) is 48.4 Å². The second-order valence-corrected chi connectivity index (χ2v) is 7.96. The van der Waals surface area contributed by atoms with Crippen LogP contribution >= 0.6 is 0 Å². The fourth-order valence-corrected chi connectivity index (χ4v) is 4.21. The molecule has 1 aromatic heterocycles. The highest BCUT2D eigenvalue weighted by Gasteiger charge is 2.27. The van der Waals surface area contributed by atoms with Gasteiger partial charge in [-0.05, 0) is 23.3 Å². The number of rotatable bonds is 9. The Hall–Kier alpha value is -3.58. The van der Waals surface area contributed by atoms with E-state index in [1.807, 2.05) is 47.4 Å². The van der Waals surface area contributed by atoms with Gasteiger partial charge in [0.25, 0.3) is 0 Å². The molecule has 33 heavy (non-hydrogen) atoms. The average molecular weight is 445 g/mol. The summed E-state index contributed by atoms with van der Waals surface area (Å²) in [5.74, 6) is 1.08. The van der Waals surface area contributed by atoms with E-state index < -0.39 is 0 Å². The van der Waals surface area contributed by atoms with Crippen LogP contribution in [0.25, 0.3) is 0 Å². The Bertz CT molecular complexity index is 1040. The maximum Gasteiger partial charge on any atom is 0.230 e. The van der Waals surface area contributed by atoms with Gasteiger partial charge in [0, 0.05) is 39.3 Å². The van der Waals surface area contributed by atoms with Crippen LogP contribution in [0.2, 0.25) is 0 Å². The number of halogens is 1. The number of aromatic nitrogens is 3. The Morgan fingerprint density at radius 3 is 2.15 bits per heavy atom. The van der Waals surface area contributed by atoms with Gasteiger partial charge >= 0.3 is 0 Å². The molecule has 1 atom stereocenters. The van der Waals surface area contributed by atoms with Crippen LogP contribution in [0.4, 0.5) is 16.3 Å². The van der Waals surface area contributed by atoms with E-state index in [-0.39, 0.29) is 11.9 Å². The summed E-state index contributed by atoms with van der Waals surface area (Å²) in [6, 6.07) is 17.3. The third-order valence-electron chi connectivity index (χ3n) is 5.79. The van der Waals surface area contributed by atoms with E-state index in [0.717, 1.165) is 31.7 Å². The molecule has 3 aromatic rings. The summed E-state index contributed by atoms with van der Waals surface area (Å²) in [6.07, 6.45) is 5.21. The van der Waals surface area contributed by atoms with Crippen LogP contribution in [0.3, 0.4) is 0 Å². The minimum absolute atomic E-state index is 0.0681. The maximum absolute atomic E-state index is 13.6. The fraction of sp³-hybridized carbons (Fsp3) is 0.269. The van der Waals surface area contributed by atoms with Crippen molar-refractivity contribution in [3.05, 3.63) is 103 Å². The normalized spacial score (nSPS) is 15.1. The Labute approximate surface area is 194 Å². The summed E-state index contributed by atoms with van der Waals surface area (Å²) in [5, 5.41) is 0. The lowest BCUT2D eigenvalue weighted by Gasteiger charge is -2.39. The number of piperazine rings is 1. The minimum atomic E-state index is -0.219. The van der Waals surface area contributed by atoms with Crippen LogP contribution in [0.1, 0.15) is 17.2 Å². The predicted octanol–water partition coefficient (Wildman–Crippen LogP) is 4.10. The fourth-order valence-electron chi connectivity index (χ4n) is 4.21. The lowest BCUT2D eigenvalue weighted by atomic mass is 9.96. The van der Waals surface area contributed by atoms with Crippen molar-refractivity contribution < 1.29 is 4.39 Å². The minimum Gasteiger partial charge on any atom is -0.338 e. The smallest absolute Gasteiger partial charge is 0.230 e. The Morgan fingerprint density at radius 2 is 1.52 bits per heavy atom. The highest BCUT2D eigenvalue weighted by Crippen LogP contribution is 2.30. The van der Waals surface area contributed by atoms with Crippen LogP contribution in [-0.4, -0.2) is 59.1 Å². The highest BCUT2D eigenvalue weighted by atomic mass is 19.1. The predicted molar refractivity (Wildman–Crippen MR) is 131 cm³/mol. The van der Waals surface area contributed by atoms with Gasteiger partial charge in [-0.2, -0.15) is 4.98 Å².